The molecule has 0 bridgehead atoms. The molecule has 2 atom stereocenters. The van der Waals surface area contributed by atoms with Crippen molar-refractivity contribution in [2.75, 3.05) is 39.4 Å². The number of piperazine rings is 1. The average molecular weight is 263 g/mol. The molecule has 0 aromatic carbocycles. The van der Waals surface area contributed by atoms with Gasteiger partial charge in [-0.25, -0.2) is 0 Å². The van der Waals surface area contributed by atoms with Gasteiger partial charge in [-0.3, -0.25) is 0 Å². The first-order valence-electron chi connectivity index (χ1n) is 6.10. The highest BCUT2D eigenvalue weighted by molar-refractivity contribution is 7.86. The number of nitrogens with one attached hydrogen (secondary N) is 1. The zero-order valence-electron chi connectivity index (χ0n) is 10.4. The van der Waals surface area contributed by atoms with E-state index in [1.165, 1.54) is 4.31 Å². The van der Waals surface area contributed by atoms with Crippen LogP contribution in [0.5, 0.6) is 0 Å². The molecule has 0 radical (unpaired) electrons. The predicted octanol–water partition coefficient (Wildman–Crippen LogP) is -0.754. The first kappa shape index (κ1) is 13.2. The molecule has 0 amide bonds. The summed E-state index contributed by atoms with van der Waals surface area (Å²) < 4.78 is 33.4. The van der Waals surface area contributed by atoms with Crippen LogP contribution < -0.4 is 5.32 Å². The van der Waals surface area contributed by atoms with Crippen molar-refractivity contribution in [1.29, 1.82) is 0 Å². The van der Waals surface area contributed by atoms with Crippen LogP contribution in [0.1, 0.15) is 13.8 Å². The molecule has 2 aliphatic heterocycles. The van der Waals surface area contributed by atoms with Crippen LogP contribution >= 0.6 is 0 Å². The Morgan fingerprint density at radius 1 is 1.12 bits per heavy atom. The molecule has 0 aliphatic carbocycles. The third-order valence-corrected chi connectivity index (χ3v) is 5.58. The number of hydrogen-bond donors (Lipinski definition) is 1. The van der Waals surface area contributed by atoms with Gasteiger partial charge in [0.15, 0.2) is 0 Å². The second-order valence-corrected chi connectivity index (χ2v) is 6.54. The quantitative estimate of drug-likeness (QED) is 0.712. The van der Waals surface area contributed by atoms with Gasteiger partial charge in [-0.15, -0.1) is 0 Å². The molecule has 0 spiro atoms. The van der Waals surface area contributed by atoms with Crippen LogP contribution in [0.4, 0.5) is 0 Å². The third-order valence-electron chi connectivity index (χ3n) is 3.31. The van der Waals surface area contributed by atoms with Crippen LogP contribution in [0.15, 0.2) is 0 Å². The zero-order valence-corrected chi connectivity index (χ0v) is 11.2. The molecule has 2 saturated heterocycles. The van der Waals surface area contributed by atoms with Crippen molar-refractivity contribution in [3.8, 4) is 0 Å². The summed E-state index contributed by atoms with van der Waals surface area (Å²) in [4.78, 5) is 0. The highest BCUT2D eigenvalue weighted by atomic mass is 32.2. The van der Waals surface area contributed by atoms with Gasteiger partial charge in [-0.05, 0) is 13.8 Å². The van der Waals surface area contributed by atoms with E-state index in [4.69, 9.17) is 4.74 Å². The molecule has 2 rings (SSSR count). The van der Waals surface area contributed by atoms with Gasteiger partial charge in [0.25, 0.3) is 10.2 Å². The summed E-state index contributed by atoms with van der Waals surface area (Å²) >= 11 is 0. The molecule has 2 aliphatic rings. The van der Waals surface area contributed by atoms with E-state index in [2.05, 4.69) is 5.32 Å². The fourth-order valence-electron chi connectivity index (χ4n) is 2.48. The molecule has 17 heavy (non-hydrogen) atoms. The first-order valence-corrected chi connectivity index (χ1v) is 7.50. The van der Waals surface area contributed by atoms with Crippen LogP contribution in [0.3, 0.4) is 0 Å². The Balaban J connectivity index is 2.17. The van der Waals surface area contributed by atoms with Gasteiger partial charge in [0.1, 0.15) is 0 Å². The van der Waals surface area contributed by atoms with E-state index in [1.54, 1.807) is 4.31 Å². The molecule has 7 heteroatoms. The maximum atomic E-state index is 12.5. The fraction of sp³-hybridized carbons (Fsp3) is 1.00. The van der Waals surface area contributed by atoms with Crippen LogP contribution in [0, 0.1) is 0 Å². The number of nitrogens with zero attached hydrogens (tertiary/aromatic N) is 2. The summed E-state index contributed by atoms with van der Waals surface area (Å²) in [7, 11) is -3.34. The Morgan fingerprint density at radius 3 is 2.18 bits per heavy atom. The summed E-state index contributed by atoms with van der Waals surface area (Å²) in [6.07, 6.45) is 0. The van der Waals surface area contributed by atoms with Crippen molar-refractivity contribution in [3.63, 3.8) is 0 Å². The number of morpholine rings is 1. The minimum atomic E-state index is -3.34. The predicted molar refractivity (Wildman–Crippen MR) is 64.9 cm³/mol. The largest absolute Gasteiger partial charge is 0.379 e. The first-order chi connectivity index (χ1) is 8.03. The molecule has 0 aromatic rings. The number of rotatable bonds is 2. The Hall–Kier alpha value is -0.210. The van der Waals surface area contributed by atoms with Crippen LogP contribution in [-0.2, 0) is 14.9 Å². The van der Waals surface area contributed by atoms with Crippen LogP contribution in [0.25, 0.3) is 0 Å². The van der Waals surface area contributed by atoms with Crippen LogP contribution in [-0.4, -0.2) is 68.5 Å². The molecule has 2 fully saturated rings. The van der Waals surface area contributed by atoms with E-state index in [-0.39, 0.29) is 12.1 Å². The molecular weight excluding hydrogens is 242 g/mol. The van der Waals surface area contributed by atoms with Crippen molar-refractivity contribution >= 4 is 10.2 Å². The van der Waals surface area contributed by atoms with E-state index in [9.17, 15) is 8.42 Å². The van der Waals surface area contributed by atoms with E-state index in [1.807, 2.05) is 13.8 Å². The third kappa shape index (κ3) is 2.63. The smallest absolute Gasteiger partial charge is 0.282 e. The topological polar surface area (TPSA) is 61.9 Å². The highest BCUT2D eigenvalue weighted by Crippen LogP contribution is 2.19. The molecule has 0 aromatic heterocycles. The number of hydrogen-bond acceptors (Lipinski definition) is 4. The minimum absolute atomic E-state index is 0.00611. The van der Waals surface area contributed by atoms with E-state index >= 15 is 0 Å². The van der Waals surface area contributed by atoms with Crippen molar-refractivity contribution < 1.29 is 13.2 Å². The van der Waals surface area contributed by atoms with Crippen molar-refractivity contribution in [2.24, 2.45) is 0 Å². The zero-order chi connectivity index (χ0) is 12.5. The van der Waals surface area contributed by atoms with E-state index in [0.717, 1.165) is 0 Å². The van der Waals surface area contributed by atoms with E-state index < -0.39 is 10.2 Å². The Bertz CT molecular complexity index is 344. The summed E-state index contributed by atoms with van der Waals surface area (Å²) in [5, 5.41) is 3.24. The lowest BCUT2D eigenvalue weighted by Crippen LogP contribution is -2.61. The van der Waals surface area contributed by atoms with Gasteiger partial charge in [-0.1, -0.05) is 0 Å². The molecule has 6 nitrogen and oxygen atoms in total. The highest BCUT2D eigenvalue weighted by Gasteiger charge is 2.38. The van der Waals surface area contributed by atoms with Crippen molar-refractivity contribution in [3.05, 3.63) is 0 Å². The average Bonchev–Trinajstić information content (AvgIpc) is 2.29. The Morgan fingerprint density at radius 2 is 1.65 bits per heavy atom. The van der Waals surface area contributed by atoms with Gasteiger partial charge in [0.2, 0.25) is 0 Å². The van der Waals surface area contributed by atoms with Crippen molar-refractivity contribution in [2.45, 2.75) is 25.9 Å². The molecule has 100 valence electrons. The van der Waals surface area contributed by atoms with Gasteiger partial charge >= 0.3 is 0 Å². The Kier molecular flexibility index (Phi) is 4.04. The lowest BCUT2D eigenvalue weighted by atomic mass is 10.2. The normalized spacial score (nSPS) is 33.8. The van der Waals surface area contributed by atoms with Gasteiger partial charge in [0.05, 0.1) is 13.2 Å². The Labute approximate surface area is 103 Å². The van der Waals surface area contributed by atoms with Crippen molar-refractivity contribution in [1.82, 2.24) is 13.9 Å². The second kappa shape index (κ2) is 5.19. The maximum Gasteiger partial charge on any atom is 0.282 e. The van der Waals surface area contributed by atoms with Crippen LogP contribution in [0.2, 0.25) is 0 Å². The molecule has 2 unspecified atom stereocenters. The lowest BCUT2D eigenvalue weighted by Gasteiger charge is -2.41. The lowest BCUT2D eigenvalue weighted by molar-refractivity contribution is 0.0671. The summed E-state index contributed by atoms with van der Waals surface area (Å²) in [6.45, 7) is 7.24. The number of ether oxygens (including phenoxy) is 1. The molecule has 0 saturated carbocycles. The second-order valence-electron chi connectivity index (χ2n) is 4.71. The fourth-order valence-corrected chi connectivity index (χ4v) is 4.42. The van der Waals surface area contributed by atoms with Gasteiger partial charge < -0.3 is 10.1 Å². The summed E-state index contributed by atoms with van der Waals surface area (Å²) in [5.41, 5.74) is 0. The van der Waals surface area contributed by atoms with Gasteiger partial charge in [0, 0.05) is 38.3 Å². The molecular formula is C10H21N3O3S. The van der Waals surface area contributed by atoms with E-state index in [0.29, 0.717) is 39.4 Å². The monoisotopic (exact) mass is 263 g/mol. The SMILES string of the molecule is CC1CNCC(C)N1S(=O)(=O)N1CCOCC1. The molecule has 1 N–H and O–H groups in total. The van der Waals surface area contributed by atoms with Gasteiger partial charge in [-0.2, -0.15) is 17.0 Å². The summed E-state index contributed by atoms with van der Waals surface area (Å²) in [5.74, 6) is 0. The summed E-state index contributed by atoms with van der Waals surface area (Å²) in [6, 6.07) is 0.0122. The minimum Gasteiger partial charge on any atom is -0.379 e. The maximum absolute atomic E-state index is 12.5. The standard InChI is InChI=1S/C10H21N3O3S/c1-9-7-11-8-10(2)13(9)17(14,15)12-3-5-16-6-4-12/h9-11H,3-8H2,1-2H3. The molecule has 2 heterocycles.